The first kappa shape index (κ1) is 25.4. The van der Waals surface area contributed by atoms with Crippen LogP contribution in [0.2, 0.25) is 0 Å². The lowest BCUT2D eigenvalue weighted by Gasteiger charge is -2.27. The molecule has 2 aliphatic rings. The van der Waals surface area contributed by atoms with Crippen molar-refractivity contribution in [3.8, 4) is 0 Å². The van der Waals surface area contributed by atoms with Crippen LogP contribution in [0, 0.1) is 0 Å². The Bertz CT molecular complexity index is 1120. The minimum absolute atomic E-state index is 0.0368. The number of hydrogen-bond acceptors (Lipinski definition) is 6. The molecule has 1 amide bonds. The van der Waals surface area contributed by atoms with Crippen LogP contribution in [0.3, 0.4) is 0 Å². The normalized spacial score (nSPS) is 15.0. The molecule has 1 fully saturated rings. The van der Waals surface area contributed by atoms with Crippen molar-refractivity contribution >= 4 is 22.6 Å². The number of alkyl halides is 3. The zero-order chi connectivity index (χ0) is 24.7. The Morgan fingerprint density at radius 2 is 1.65 bits per heavy atom. The highest BCUT2D eigenvalue weighted by Crippen LogP contribution is 2.32. The minimum atomic E-state index is -4.21. The van der Waals surface area contributed by atoms with E-state index < -0.39 is 11.7 Å². The molecule has 1 aromatic heterocycles. The first-order valence-corrected chi connectivity index (χ1v) is 10.6. The van der Waals surface area contributed by atoms with Gasteiger partial charge in [-0.1, -0.05) is 30.3 Å². The van der Waals surface area contributed by atoms with E-state index >= 15 is 0 Å². The number of anilines is 1. The second-order valence-electron chi connectivity index (χ2n) is 7.45. The molecule has 182 valence electrons. The van der Waals surface area contributed by atoms with Crippen molar-refractivity contribution in [1.82, 2.24) is 9.88 Å². The number of carbonyl (C=O) groups is 1. The van der Waals surface area contributed by atoms with Crippen LogP contribution in [0.5, 0.6) is 0 Å². The maximum atomic E-state index is 12.6. The molecular formula is C24H26F3N3O4. The van der Waals surface area contributed by atoms with Crippen LogP contribution in [-0.4, -0.2) is 54.3 Å². The van der Waals surface area contributed by atoms with Gasteiger partial charge in [-0.3, -0.25) is 4.79 Å². The van der Waals surface area contributed by atoms with Gasteiger partial charge in [0.05, 0.1) is 37.5 Å². The van der Waals surface area contributed by atoms with E-state index in [4.69, 9.17) is 20.3 Å². The van der Waals surface area contributed by atoms with Crippen LogP contribution < -0.4 is 5.73 Å². The zero-order valence-electron chi connectivity index (χ0n) is 18.6. The van der Waals surface area contributed by atoms with Gasteiger partial charge in [0, 0.05) is 36.7 Å². The molecule has 10 heteroatoms. The standard InChI is InChI=1S/C16H17N3O3.C7H5F3.CH4O/c17-15-13-9-22-8-12(13)11-7-10(1-2-14(11)18-15)16(20)19-3-5-21-6-4-19;8-7(9,10)6-4-2-1-3-5-6;1-2/h1-2,7H,3-6,8-9H2,(H2,17,18);1-5H;2H,1H3. The third kappa shape index (κ3) is 5.82. The lowest BCUT2D eigenvalue weighted by Crippen LogP contribution is -2.40. The average molecular weight is 477 g/mol. The van der Waals surface area contributed by atoms with Crippen LogP contribution in [0.4, 0.5) is 19.0 Å². The number of nitrogen functional groups attached to an aromatic ring is 1. The van der Waals surface area contributed by atoms with Gasteiger partial charge in [0.25, 0.3) is 5.91 Å². The van der Waals surface area contributed by atoms with Crippen molar-refractivity contribution in [2.75, 3.05) is 39.1 Å². The van der Waals surface area contributed by atoms with Crippen molar-refractivity contribution in [1.29, 1.82) is 0 Å². The van der Waals surface area contributed by atoms with Crippen molar-refractivity contribution in [2.24, 2.45) is 0 Å². The smallest absolute Gasteiger partial charge is 0.400 e. The number of nitrogens with zero attached hydrogens (tertiary/aromatic N) is 2. The van der Waals surface area contributed by atoms with Crippen LogP contribution in [0.25, 0.3) is 10.9 Å². The van der Waals surface area contributed by atoms with E-state index in [0.29, 0.717) is 50.9 Å². The van der Waals surface area contributed by atoms with Crippen LogP contribution in [0.15, 0.2) is 48.5 Å². The fourth-order valence-electron chi connectivity index (χ4n) is 3.68. The summed E-state index contributed by atoms with van der Waals surface area (Å²) in [7, 11) is 1.00. The number of aliphatic hydroxyl groups excluding tert-OH is 1. The maximum Gasteiger partial charge on any atom is 0.416 e. The molecule has 0 bridgehead atoms. The number of morpholine rings is 1. The Balaban J connectivity index is 0.000000228. The minimum Gasteiger partial charge on any atom is -0.400 e. The molecule has 0 saturated carbocycles. The number of fused-ring (bicyclic) bond motifs is 3. The fourth-order valence-corrected chi connectivity index (χ4v) is 3.68. The third-order valence-electron chi connectivity index (χ3n) is 5.38. The molecule has 2 aliphatic heterocycles. The first-order valence-electron chi connectivity index (χ1n) is 10.6. The molecule has 7 nitrogen and oxygen atoms in total. The van der Waals surface area contributed by atoms with Gasteiger partial charge >= 0.3 is 6.18 Å². The lowest BCUT2D eigenvalue weighted by atomic mass is 10.0. The molecule has 1 saturated heterocycles. The van der Waals surface area contributed by atoms with Gasteiger partial charge in [0.1, 0.15) is 5.82 Å². The Kier molecular flexibility index (Phi) is 8.43. The number of aliphatic hydroxyl groups is 1. The molecule has 0 spiro atoms. The summed E-state index contributed by atoms with van der Waals surface area (Å²) in [5.74, 6) is 0.557. The molecule has 3 aromatic rings. The van der Waals surface area contributed by atoms with Crippen LogP contribution in [-0.2, 0) is 28.9 Å². The number of pyridine rings is 1. The largest absolute Gasteiger partial charge is 0.416 e. The number of carbonyl (C=O) groups excluding carboxylic acids is 1. The quantitative estimate of drug-likeness (QED) is 0.556. The van der Waals surface area contributed by atoms with E-state index in [1.807, 2.05) is 23.1 Å². The Hall–Kier alpha value is -3.21. The van der Waals surface area contributed by atoms with Gasteiger partial charge in [-0.05, 0) is 23.8 Å². The first-order chi connectivity index (χ1) is 16.3. The molecule has 0 radical (unpaired) electrons. The Morgan fingerprint density at radius 1 is 1.00 bits per heavy atom. The highest BCUT2D eigenvalue weighted by Gasteiger charge is 2.29. The summed E-state index contributed by atoms with van der Waals surface area (Å²) < 4.78 is 46.1. The number of nitrogens with two attached hydrogens (primary N) is 1. The summed E-state index contributed by atoms with van der Waals surface area (Å²) in [6.45, 7) is 3.48. The van der Waals surface area contributed by atoms with Gasteiger partial charge in [-0.25, -0.2) is 4.98 Å². The van der Waals surface area contributed by atoms with E-state index in [0.717, 1.165) is 41.3 Å². The molecule has 0 aliphatic carbocycles. The highest BCUT2D eigenvalue weighted by molar-refractivity contribution is 5.99. The summed E-state index contributed by atoms with van der Waals surface area (Å²) in [5.41, 5.74) is 8.85. The lowest BCUT2D eigenvalue weighted by molar-refractivity contribution is -0.137. The number of hydrogen-bond donors (Lipinski definition) is 2. The maximum absolute atomic E-state index is 12.6. The number of halogens is 3. The number of benzene rings is 2. The van der Waals surface area contributed by atoms with Crippen molar-refractivity contribution in [3.05, 3.63) is 70.8 Å². The van der Waals surface area contributed by atoms with Gasteiger partial charge in [0.2, 0.25) is 0 Å². The molecule has 5 rings (SSSR count). The van der Waals surface area contributed by atoms with E-state index in [9.17, 15) is 18.0 Å². The summed E-state index contributed by atoms with van der Waals surface area (Å²) in [4.78, 5) is 18.8. The second-order valence-corrected chi connectivity index (χ2v) is 7.45. The monoisotopic (exact) mass is 477 g/mol. The topological polar surface area (TPSA) is 97.9 Å². The Labute approximate surface area is 194 Å². The van der Waals surface area contributed by atoms with Crippen molar-refractivity contribution in [2.45, 2.75) is 19.4 Å². The zero-order valence-corrected chi connectivity index (χ0v) is 18.6. The van der Waals surface area contributed by atoms with Gasteiger partial charge in [-0.2, -0.15) is 13.2 Å². The predicted molar refractivity (Wildman–Crippen MR) is 121 cm³/mol. The summed E-state index contributed by atoms with van der Waals surface area (Å²) >= 11 is 0. The molecule has 34 heavy (non-hydrogen) atoms. The molecule has 2 aromatic carbocycles. The third-order valence-corrected chi connectivity index (χ3v) is 5.38. The summed E-state index contributed by atoms with van der Waals surface area (Å²) in [6.07, 6.45) is -4.21. The summed E-state index contributed by atoms with van der Waals surface area (Å²) in [6, 6.07) is 11.9. The molecular weight excluding hydrogens is 451 g/mol. The fraction of sp³-hybridized carbons (Fsp3) is 0.333. The van der Waals surface area contributed by atoms with Crippen LogP contribution >= 0.6 is 0 Å². The molecule has 3 heterocycles. The Morgan fingerprint density at radius 3 is 2.26 bits per heavy atom. The van der Waals surface area contributed by atoms with Gasteiger partial charge < -0.3 is 25.2 Å². The summed E-state index contributed by atoms with van der Waals surface area (Å²) in [5, 5.41) is 7.96. The van der Waals surface area contributed by atoms with Gasteiger partial charge in [0.15, 0.2) is 0 Å². The SMILES string of the molecule is CO.FC(F)(F)c1ccccc1.Nc1nc2ccc(C(=O)N3CCOCC3)cc2c2c1COC2. The second kappa shape index (κ2) is 11.3. The van der Waals surface area contributed by atoms with E-state index in [2.05, 4.69) is 4.98 Å². The van der Waals surface area contributed by atoms with Crippen molar-refractivity contribution < 1.29 is 32.5 Å². The number of aromatic nitrogens is 1. The average Bonchev–Trinajstić information content (AvgIpc) is 3.37. The molecule has 0 atom stereocenters. The number of amides is 1. The van der Waals surface area contributed by atoms with Crippen molar-refractivity contribution in [3.63, 3.8) is 0 Å². The van der Waals surface area contributed by atoms with E-state index in [-0.39, 0.29) is 5.91 Å². The number of rotatable bonds is 1. The predicted octanol–water partition coefficient (Wildman–Crippen LogP) is 3.63. The highest BCUT2D eigenvalue weighted by atomic mass is 19.4. The van der Waals surface area contributed by atoms with E-state index in [1.165, 1.54) is 12.1 Å². The number of ether oxygens (including phenoxy) is 2. The van der Waals surface area contributed by atoms with E-state index in [1.54, 1.807) is 6.07 Å². The molecule has 0 unspecified atom stereocenters. The van der Waals surface area contributed by atoms with Gasteiger partial charge in [-0.15, -0.1) is 0 Å². The molecule has 3 N–H and O–H groups in total. The van der Waals surface area contributed by atoms with Crippen LogP contribution in [0.1, 0.15) is 27.0 Å².